The first-order valence-corrected chi connectivity index (χ1v) is 6.11. The van der Waals surface area contributed by atoms with Gasteiger partial charge in [0.1, 0.15) is 11.5 Å². The molecule has 94 valence electrons. The van der Waals surface area contributed by atoms with Gasteiger partial charge in [0.2, 0.25) is 0 Å². The average molecular weight is 236 g/mol. The van der Waals surface area contributed by atoms with Gasteiger partial charge in [-0.1, -0.05) is 0 Å². The summed E-state index contributed by atoms with van der Waals surface area (Å²) in [7, 11) is 0. The minimum Gasteiger partial charge on any atom is -0.466 e. The van der Waals surface area contributed by atoms with Gasteiger partial charge in [-0.15, -0.1) is 0 Å². The lowest BCUT2D eigenvalue weighted by atomic mass is 10.1. The number of hydrogen-bond donors (Lipinski definition) is 1. The van der Waals surface area contributed by atoms with E-state index in [4.69, 9.17) is 10.2 Å². The van der Waals surface area contributed by atoms with Crippen LogP contribution in [0.3, 0.4) is 0 Å². The predicted molar refractivity (Wildman–Crippen MR) is 65.8 cm³/mol. The number of carbonyl (C=O) groups is 1. The zero-order valence-electron chi connectivity index (χ0n) is 10.7. The van der Waals surface area contributed by atoms with E-state index in [9.17, 15) is 4.79 Å². The fourth-order valence-corrected chi connectivity index (χ4v) is 2.59. The second-order valence-electron chi connectivity index (χ2n) is 4.97. The molecular formula is C13H20N2O2. The van der Waals surface area contributed by atoms with Gasteiger partial charge in [-0.25, -0.2) is 0 Å². The molecule has 0 radical (unpaired) electrons. The Hall–Kier alpha value is -1.29. The molecule has 1 saturated heterocycles. The molecule has 1 aromatic heterocycles. The highest BCUT2D eigenvalue weighted by Gasteiger charge is 2.33. The SMILES string of the molecule is Cc1cc(C(=O)N2CC(CN)CC2C)c(C)o1. The van der Waals surface area contributed by atoms with E-state index in [2.05, 4.69) is 6.92 Å². The maximum Gasteiger partial charge on any atom is 0.257 e. The van der Waals surface area contributed by atoms with Crippen LogP contribution in [0.4, 0.5) is 0 Å². The second-order valence-corrected chi connectivity index (χ2v) is 4.97. The molecule has 4 nitrogen and oxygen atoms in total. The molecule has 1 aliphatic rings. The van der Waals surface area contributed by atoms with Gasteiger partial charge in [-0.05, 0) is 45.7 Å². The van der Waals surface area contributed by atoms with Crippen LogP contribution in [-0.2, 0) is 0 Å². The van der Waals surface area contributed by atoms with E-state index in [1.165, 1.54) is 0 Å². The third-order valence-corrected chi connectivity index (χ3v) is 3.53. The van der Waals surface area contributed by atoms with Gasteiger partial charge in [-0.3, -0.25) is 4.79 Å². The summed E-state index contributed by atoms with van der Waals surface area (Å²) in [4.78, 5) is 14.3. The lowest BCUT2D eigenvalue weighted by Crippen LogP contribution is -2.34. The van der Waals surface area contributed by atoms with Crippen molar-refractivity contribution in [3.05, 3.63) is 23.2 Å². The van der Waals surface area contributed by atoms with Crippen LogP contribution in [-0.4, -0.2) is 29.9 Å². The molecule has 17 heavy (non-hydrogen) atoms. The largest absolute Gasteiger partial charge is 0.466 e. The van der Waals surface area contributed by atoms with Crippen LogP contribution in [0.1, 0.15) is 35.2 Å². The minimum absolute atomic E-state index is 0.0720. The molecule has 4 heteroatoms. The van der Waals surface area contributed by atoms with Gasteiger partial charge in [0.05, 0.1) is 5.56 Å². The zero-order chi connectivity index (χ0) is 12.6. The standard InChI is InChI=1S/C13H20N2O2/c1-8-4-11(6-14)7-15(8)13(16)12-5-9(2)17-10(12)3/h5,8,11H,4,6-7,14H2,1-3H3. The highest BCUT2D eigenvalue weighted by Crippen LogP contribution is 2.26. The summed E-state index contributed by atoms with van der Waals surface area (Å²) in [5.41, 5.74) is 6.36. The molecule has 1 aliphatic heterocycles. The van der Waals surface area contributed by atoms with Crippen molar-refractivity contribution in [1.82, 2.24) is 4.90 Å². The lowest BCUT2D eigenvalue weighted by molar-refractivity contribution is 0.0741. The molecular weight excluding hydrogens is 216 g/mol. The maximum absolute atomic E-state index is 12.4. The minimum atomic E-state index is 0.0720. The predicted octanol–water partition coefficient (Wildman–Crippen LogP) is 1.71. The van der Waals surface area contributed by atoms with E-state index in [0.717, 1.165) is 18.7 Å². The van der Waals surface area contributed by atoms with Crippen molar-refractivity contribution < 1.29 is 9.21 Å². The molecule has 2 N–H and O–H groups in total. The van der Waals surface area contributed by atoms with Gasteiger partial charge in [-0.2, -0.15) is 0 Å². The number of likely N-dealkylation sites (tertiary alicyclic amines) is 1. The summed E-state index contributed by atoms with van der Waals surface area (Å²) in [5, 5.41) is 0. The molecule has 0 aliphatic carbocycles. The molecule has 0 aromatic carbocycles. The highest BCUT2D eigenvalue weighted by molar-refractivity contribution is 5.95. The molecule has 0 bridgehead atoms. The maximum atomic E-state index is 12.4. The smallest absolute Gasteiger partial charge is 0.257 e. The molecule has 2 unspecified atom stereocenters. The molecule has 0 spiro atoms. The van der Waals surface area contributed by atoms with Crippen molar-refractivity contribution >= 4 is 5.91 Å². The van der Waals surface area contributed by atoms with Gasteiger partial charge in [0.15, 0.2) is 0 Å². The van der Waals surface area contributed by atoms with Crippen molar-refractivity contribution in [2.45, 2.75) is 33.2 Å². The van der Waals surface area contributed by atoms with Crippen molar-refractivity contribution in [2.24, 2.45) is 11.7 Å². The first kappa shape index (κ1) is 12.2. The van der Waals surface area contributed by atoms with E-state index >= 15 is 0 Å². The summed E-state index contributed by atoms with van der Waals surface area (Å²) in [6, 6.07) is 2.09. The summed E-state index contributed by atoms with van der Waals surface area (Å²) >= 11 is 0. The van der Waals surface area contributed by atoms with E-state index in [1.54, 1.807) is 0 Å². The average Bonchev–Trinajstić information content (AvgIpc) is 2.81. The molecule has 2 atom stereocenters. The zero-order valence-corrected chi connectivity index (χ0v) is 10.7. The van der Waals surface area contributed by atoms with E-state index < -0.39 is 0 Å². The summed E-state index contributed by atoms with van der Waals surface area (Å²) in [6.07, 6.45) is 0.998. The normalized spacial score (nSPS) is 24.4. The Kier molecular flexibility index (Phi) is 3.24. The van der Waals surface area contributed by atoms with E-state index in [0.29, 0.717) is 23.8 Å². The topological polar surface area (TPSA) is 59.5 Å². The molecule has 1 aromatic rings. The number of carbonyl (C=O) groups excluding carboxylic acids is 1. The summed E-state index contributed by atoms with van der Waals surface area (Å²) in [5.74, 6) is 1.99. The fourth-order valence-electron chi connectivity index (χ4n) is 2.59. The Labute approximate surface area is 102 Å². The van der Waals surface area contributed by atoms with Crippen molar-refractivity contribution in [3.8, 4) is 0 Å². The Bertz CT molecular complexity index is 425. The first-order chi connectivity index (χ1) is 8.02. The quantitative estimate of drug-likeness (QED) is 0.850. The van der Waals surface area contributed by atoms with Gasteiger partial charge < -0.3 is 15.1 Å². The van der Waals surface area contributed by atoms with Crippen LogP contribution < -0.4 is 5.73 Å². The lowest BCUT2D eigenvalue weighted by Gasteiger charge is -2.21. The fraction of sp³-hybridized carbons (Fsp3) is 0.615. The number of rotatable bonds is 2. The number of furan rings is 1. The monoisotopic (exact) mass is 236 g/mol. The molecule has 1 fully saturated rings. The number of hydrogen-bond acceptors (Lipinski definition) is 3. The second kappa shape index (κ2) is 4.53. The van der Waals surface area contributed by atoms with Crippen LogP contribution in [0.15, 0.2) is 10.5 Å². The molecule has 2 heterocycles. The summed E-state index contributed by atoms with van der Waals surface area (Å²) < 4.78 is 5.41. The van der Waals surface area contributed by atoms with Gasteiger partial charge in [0, 0.05) is 12.6 Å². The molecule has 2 rings (SSSR count). The Morgan fingerprint density at radius 1 is 1.59 bits per heavy atom. The van der Waals surface area contributed by atoms with Crippen LogP contribution in [0.5, 0.6) is 0 Å². The van der Waals surface area contributed by atoms with Crippen LogP contribution >= 0.6 is 0 Å². The number of aryl methyl sites for hydroxylation is 2. The number of nitrogens with zero attached hydrogens (tertiary/aromatic N) is 1. The van der Waals surface area contributed by atoms with Crippen molar-refractivity contribution in [3.63, 3.8) is 0 Å². The van der Waals surface area contributed by atoms with Crippen LogP contribution in [0.25, 0.3) is 0 Å². The Balaban J connectivity index is 2.18. The first-order valence-electron chi connectivity index (χ1n) is 6.11. The van der Waals surface area contributed by atoms with Gasteiger partial charge >= 0.3 is 0 Å². The molecule has 0 saturated carbocycles. The van der Waals surface area contributed by atoms with E-state index in [1.807, 2.05) is 24.8 Å². The Morgan fingerprint density at radius 3 is 2.76 bits per heavy atom. The van der Waals surface area contributed by atoms with E-state index in [-0.39, 0.29) is 11.9 Å². The summed E-state index contributed by atoms with van der Waals surface area (Å²) in [6.45, 7) is 7.19. The van der Waals surface area contributed by atoms with Gasteiger partial charge in [0.25, 0.3) is 5.91 Å². The Morgan fingerprint density at radius 2 is 2.29 bits per heavy atom. The number of nitrogens with two attached hydrogens (primary N) is 1. The third kappa shape index (κ3) is 2.22. The van der Waals surface area contributed by atoms with Crippen LogP contribution in [0.2, 0.25) is 0 Å². The van der Waals surface area contributed by atoms with Crippen molar-refractivity contribution in [2.75, 3.05) is 13.1 Å². The molecule has 1 amide bonds. The third-order valence-electron chi connectivity index (χ3n) is 3.53. The highest BCUT2D eigenvalue weighted by atomic mass is 16.3. The van der Waals surface area contributed by atoms with Crippen molar-refractivity contribution in [1.29, 1.82) is 0 Å². The number of amides is 1. The van der Waals surface area contributed by atoms with Crippen LogP contribution in [0, 0.1) is 19.8 Å².